The van der Waals surface area contributed by atoms with Crippen LogP contribution in [0.2, 0.25) is 0 Å². The van der Waals surface area contributed by atoms with Crippen LogP contribution >= 0.6 is 0 Å². The predicted molar refractivity (Wildman–Crippen MR) is 33.2 cm³/mol. The van der Waals surface area contributed by atoms with E-state index in [2.05, 4.69) is 4.84 Å². The minimum Gasteiger partial charge on any atom is -0.373 e. The third kappa shape index (κ3) is 0.845. The monoisotopic (exact) mass is 145 g/mol. The van der Waals surface area contributed by atoms with E-state index in [0.717, 1.165) is 13.0 Å². The lowest BCUT2D eigenvalue weighted by Gasteiger charge is -2.11. The molecular formula is C6H11NO3. The van der Waals surface area contributed by atoms with Crippen molar-refractivity contribution >= 4 is 0 Å². The Bertz CT molecular complexity index is 130. The van der Waals surface area contributed by atoms with Gasteiger partial charge in [-0.2, -0.15) is 0 Å². The summed E-state index contributed by atoms with van der Waals surface area (Å²) in [5.41, 5.74) is 0. The Kier molecular flexibility index (Phi) is 1.61. The molecule has 3 atom stereocenters. The quantitative estimate of drug-likeness (QED) is 0.502. The van der Waals surface area contributed by atoms with E-state index >= 15 is 0 Å². The normalized spacial score (nSPS) is 45.9. The summed E-state index contributed by atoms with van der Waals surface area (Å²) < 4.78 is 10.7. The standard InChI is InChI=1S/C6H11NO3/c7-10-5-3-9-4-1-2-8-6(4)5/h4-6H,1-3,7H2/t4-,5?,6+/m1/s1. The van der Waals surface area contributed by atoms with Crippen LogP contribution in [0, 0.1) is 0 Å². The minimum atomic E-state index is -0.0486. The second kappa shape index (κ2) is 2.47. The fourth-order valence-electron chi connectivity index (χ4n) is 1.55. The van der Waals surface area contributed by atoms with Crippen LogP contribution in [0.15, 0.2) is 0 Å². The molecule has 0 spiro atoms. The summed E-state index contributed by atoms with van der Waals surface area (Å²) in [6.07, 6.45) is 1.25. The first-order valence-corrected chi connectivity index (χ1v) is 3.50. The summed E-state index contributed by atoms with van der Waals surface area (Å²) in [6.45, 7) is 1.35. The first-order valence-electron chi connectivity index (χ1n) is 3.50. The fraction of sp³-hybridized carbons (Fsp3) is 1.00. The maximum atomic E-state index is 5.35. The molecule has 58 valence electrons. The molecular weight excluding hydrogens is 134 g/mol. The zero-order chi connectivity index (χ0) is 6.97. The van der Waals surface area contributed by atoms with Gasteiger partial charge in [0, 0.05) is 6.61 Å². The first-order chi connectivity index (χ1) is 4.92. The highest BCUT2D eigenvalue weighted by Gasteiger charge is 2.42. The lowest BCUT2D eigenvalue weighted by molar-refractivity contribution is -0.0320. The van der Waals surface area contributed by atoms with Crippen molar-refractivity contribution in [2.24, 2.45) is 5.90 Å². The van der Waals surface area contributed by atoms with E-state index < -0.39 is 0 Å². The molecule has 2 aliphatic heterocycles. The summed E-state index contributed by atoms with van der Waals surface area (Å²) in [4.78, 5) is 4.68. The Morgan fingerprint density at radius 3 is 3.10 bits per heavy atom. The number of hydrogen-bond donors (Lipinski definition) is 1. The van der Waals surface area contributed by atoms with E-state index in [0.29, 0.717) is 6.61 Å². The molecule has 2 rings (SSSR count). The molecule has 0 bridgehead atoms. The zero-order valence-corrected chi connectivity index (χ0v) is 5.66. The largest absolute Gasteiger partial charge is 0.373 e. The lowest BCUT2D eigenvalue weighted by Crippen LogP contribution is -2.32. The summed E-state index contributed by atoms with van der Waals surface area (Å²) >= 11 is 0. The van der Waals surface area contributed by atoms with Gasteiger partial charge >= 0.3 is 0 Å². The van der Waals surface area contributed by atoms with Crippen molar-refractivity contribution < 1.29 is 14.3 Å². The minimum absolute atomic E-state index is 0.0486. The number of hydrogen-bond acceptors (Lipinski definition) is 4. The van der Waals surface area contributed by atoms with Crippen LogP contribution in [-0.4, -0.2) is 31.5 Å². The molecule has 0 aromatic heterocycles. The molecule has 1 unspecified atom stereocenters. The van der Waals surface area contributed by atoms with Gasteiger partial charge in [-0.1, -0.05) is 0 Å². The second-order valence-corrected chi connectivity index (χ2v) is 2.67. The van der Waals surface area contributed by atoms with Crippen LogP contribution in [0.5, 0.6) is 0 Å². The van der Waals surface area contributed by atoms with Gasteiger partial charge in [0.2, 0.25) is 0 Å². The number of ether oxygens (including phenoxy) is 2. The molecule has 2 aliphatic rings. The number of rotatable bonds is 1. The van der Waals surface area contributed by atoms with Crippen molar-refractivity contribution in [1.82, 2.24) is 0 Å². The van der Waals surface area contributed by atoms with Crippen molar-refractivity contribution in [2.75, 3.05) is 13.2 Å². The predicted octanol–water partition coefficient (Wildman–Crippen LogP) is -0.567. The second-order valence-electron chi connectivity index (χ2n) is 2.67. The van der Waals surface area contributed by atoms with Crippen LogP contribution in [-0.2, 0) is 14.3 Å². The highest BCUT2D eigenvalue weighted by molar-refractivity contribution is 4.89. The Hall–Kier alpha value is -0.160. The van der Waals surface area contributed by atoms with Gasteiger partial charge in [-0.3, -0.25) is 4.84 Å². The van der Waals surface area contributed by atoms with Crippen LogP contribution < -0.4 is 5.90 Å². The molecule has 4 nitrogen and oxygen atoms in total. The third-order valence-corrected chi connectivity index (χ3v) is 2.09. The molecule has 0 aliphatic carbocycles. The molecule has 4 heteroatoms. The molecule has 2 heterocycles. The van der Waals surface area contributed by atoms with E-state index in [9.17, 15) is 0 Å². The molecule has 0 aromatic rings. The molecule has 2 saturated heterocycles. The Morgan fingerprint density at radius 1 is 1.40 bits per heavy atom. The van der Waals surface area contributed by atoms with Gasteiger partial charge < -0.3 is 9.47 Å². The maximum absolute atomic E-state index is 5.35. The molecule has 10 heavy (non-hydrogen) atoms. The van der Waals surface area contributed by atoms with E-state index in [4.69, 9.17) is 15.4 Å². The van der Waals surface area contributed by atoms with Gasteiger partial charge in [0.1, 0.15) is 12.2 Å². The van der Waals surface area contributed by atoms with Crippen molar-refractivity contribution in [2.45, 2.75) is 24.7 Å². The molecule has 0 amide bonds. The summed E-state index contributed by atoms with van der Waals surface area (Å²) in [6, 6.07) is 0. The van der Waals surface area contributed by atoms with E-state index in [1.807, 2.05) is 0 Å². The van der Waals surface area contributed by atoms with Gasteiger partial charge in [0.25, 0.3) is 0 Å². The first kappa shape index (κ1) is 6.54. The molecule has 0 radical (unpaired) electrons. The maximum Gasteiger partial charge on any atom is 0.131 e. The number of fused-ring (bicyclic) bond motifs is 1. The van der Waals surface area contributed by atoms with Crippen molar-refractivity contribution in [3.8, 4) is 0 Å². The van der Waals surface area contributed by atoms with E-state index in [-0.39, 0.29) is 18.3 Å². The van der Waals surface area contributed by atoms with E-state index in [1.54, 1.807) is 0 Å². The highest BCUT2D eigenvalue weighted by Crippen LogP contribution is 2.27. The van der Waals surface area contributed by atoms with Crippen LogP contribution in [0.1, 0.15) is 6.42 Å². The van der Waals surface area contributed by atoms with Crippen molar-refractivity contribution in [3.63, 3.8) is 0 Å². The van der Waals surface area contributed by atoms with Crippen LogP contribution in [0.25, 0.3) is 0 Å². The van der Waals surface area contributed by atoms with Gasteiger partial charge in [-0.05, 0) is 6.42 Å². The highest BCUT2D eigenvalue weighted by atomic mass is 16.7. The topological polar surface area (TPSA) is 53.7 Å². The molecule has 0 aromatic carbocycles. The number of nitrogens with two attached hydrogens (primary N) is 1. The average Bonchev–Trinajstić information content (AvgIpc) is 2.44. The average molecular weight is 145 g/mol. The fourth-order valence-corrected chi connectivity index (χ4v) is 1.55. The van der Waals surface area contributed by atoms with Crippen LogP contribution in [0.4, 0.5) is 0 Å². The summed E-state index contributed by atoms with van der Waals surface area (Å²) in [5.74, 6) is 5.03. The summed E-state index contributed by atoms with van der Waals surface area (Å²) in [7, 11) is 0. The smallest absolute Gasteiger partial charge is 0.131 e. The van der Waals surface area contributed by atoms with Gasteiger partial charge in [-0.15, -0.1) is 0 Å². The Morgan fingerprint density at radius 2 is 2.30 bits per heavy atom. The third-order valence-electron chi connectivity index (χ3n) is 2.09. The van der Waals surface area contributed by atoms with E-state index in [1.165, 1.54) is 0 Å². The Labute approximate surface area is 59.2 Å². The SMILES string of the molecule is NOC1CO[C@@H]2CCO[C@H]12. The zero-order valence-electron chi connectivity index (χ0n) is 5.66. The molecule has 2 fully saturated rings. The van der Waals surface area contributed by atoms with Crippen LogP contribution in [0.3, 0.4) is 0 Å². The van der Waals surface area contributed by atoms with Crippen molar-refractivity contribution in [1.29, 1.82) is 0 Å². The summed E-state index contributed by atoms with van der Waals surface area (Å²) in [5, 5.41) is 0. The van der Waals surface area contributed by atoms with Gasteiger partial charge in [0.15, 0.2) is 0 Å². The molecule has 0 saturated carbocycles. The van der Waals surface area contributed by atoms with Crippen molar-refractivity contribution in [3.05, 3.63) is 0 Å². The van der Waals surface area contributed by atoms with Gasteiger partial charge in [0.05, 0.1) is 12.7 Å². The van der Waals surface area contributed by atoms with Gasteiger partial charge in [-0.25, -0.2) is 5.90 Å². The lowest BCUT2D eigenvalue weighted by atomic mass is 10.1. The molecule has 2 N–H and O–H groups in total. The Balaban J connectivity index is 2.01.